The van der Waals surface area contributed by atoms with Gasteiger partial charge in [-0.05, 0) is 38.7 Å². The Hall–Kier alpha value is -1.78. The molecule has 0 spiro atoms. The molecule has 1 aromatic rings. The van der Waals surface area contributed by atoms with Crippen molar-refractivity contribution in [3.63, 3.8) is 0 Å². The van der Waals surface area contributed by atoms with E-state index >= 15 is 0 Å². The molecule has 2 N–H and O–H groups in total. The molecule has 98 valence electrons. The lowest BCUT2D eigenvalue weighted by molar-refractivity contribution is -0.384. The average Bonchev–Trinajstić information content (AvgIpc) is 3.09. The van der Waals surface area contributed by atoms with E-state index in [0.717, 1.165) is 18.2 Å². The zero-order valence-electron chi connectivity index (χ0n) is 10.8. The van der Waals surface area contributed by atoms with Crippen LogP contribution < -0.4 is 10.6 Å². The van der Waals surface area contributed by atoms with Crippen LogP contribution in [0.25, 0.3) is 0 Å². The van der Waals surface area contributed by atoms with Crippen molar-refractivity contribution in [2.75, 3.05) is 17.2 Å². The molecule has 0 unspecified atom stereocenters. The number of rotatable bonds is 5. The van der Waals surface area contributed by atoms with Crippen LogP contribution in [0.1, 0.15) is 26.7 Å². The first-order chi connectivity index (χ1) is 8.49. The van der Waals surface area contributed by atoms with Gasteiger partial charge in [-0.25, -0.2) is 0 Å². The van der Waals surface area contributed by atoms with Crippen molar-refractivity contribution in [3.05, 3.63) is 28.3 Å². The predicted molar refractivity (Wildman–Crippen MR) is 72.7 cm³/mol. The molecule has 1 aromatic carbocycles. The van der Waals surface area contributed by atoms with E-state index in [-0.39, 0.29) is 5.69 Å². The van der Waals surface area contributed by atoms with Gasteiger partial charge in [0, 0.05) is 24.7 Å². The molecule has 0 heterocycles. The highest BCUT2D eigenvalue weighted by molar-refractivity contribution is 5.71. The Kier molecular flexibility index (Phi) is 3.41. The molecule has 0 radical (unpaired) electrons. The maximum atomic E-state index is 10.7. The molecule has 2 rings (SSSR count). The molecule has 1 saturated carbocycles. The monoisotopic (exact) mass is 249 g/mol. The summed E-state index contributed by atoms with van der Waals surface area (Å²) in [6, 6.07) is 5.07. The lowest BCUT2D eigenvalue weighted by atomic mass is 10.1. The van der Waals surface area contributed by atoms with Crippen molar-refractivity contribution in [3.8, 4) is 0 Å². The van der Waals surface area contributed by atoms with Crippen LogP contribution in [-0.4, -0.2) is 17.5 Å². The van der Waals surface area contributed by atoms with Crippen LogP contribution >= 0.6 is 0 Å². The minimum Gasteiger partial charge on any atom is -0.397 e. The van der Waals surface area contributed by atoms with Crippen LogP contribution in [0.4, 0.5) is 17.1 Å². The summed E-state index contributed by atoms with van der Waals surface area (Å²) in [5.41, 5.74) is 7.39. The molecule has 0 bridgehead atoms. The number of benzene rings is 1. The van der Waals surface area contributed by atoms with Gasteiger partial charge in [-0.15, -0.1) is 0 Å². The average molecular weight is 249 g/mol. The lowest BCUT2D eigenvalue weighted by Crippen LogP contribution is -2.33. The molecule has 0 aliphatic heterocycles. The van der Waals surface area contributed by atoms with E-state index < -0.39 is 4.92 Å². The van der Waals surface area contributed by atoms with Crippen LogP contribution in [0.3, 0.4) is 0 Å². The minimum atomic E-state index is -0.416. The zero-order valence-corrected chi connectivity index (χ0v) is 10.8. The normalized spacial score (nSPS) is 14.8. The van der Waals surface area contributed by atoms with Gasteiger partial charge in [0.2, 0.25) is 0 Å². The van der Waals surface area contributed by atoms with Gasteiger partial charge in [-0.1, -0.05) is 0 Å². The van der Waals surface area contributed by atoms with Gasteiger partial charge in [0.1, 0.15) is 0 Å². The molecule has 1 aliphatic carbocycles. The highest BCUT2D eigenvalue weighted by Gasteiger charge is 2.26. The number of nitrogen functional groups attached to an aromatic ring is 1. The Balaban J connectivity index is 2.26. The topological polar surface area (TPSA) is 72.4 Å². The number of non-ortho nitro benzene ring substituents is 1. The molecular weight excluding hydrogens is 230 g/mol. The summed E-state index contributed by atoms with van der Waals surface area (Å²) in [6.45, 7) is 5.21. The van der Waals surface area contributed by atoms with Crippen molar-refractivity contribution in [1.29, 1.82) is 0 Å². The smallest absolute Gasteiger partial charge is 0.271 e. The number of nitrogens with two attached hydrogens (primary N) is 1. The van der Waals surface area contributed by atoms with E-state index in [1.807, 2.05) is 0 Å². The van der Waals surface area contributed by atoms with Gasteiger partial charge in [-0.2, -0.15) is 0 Å². The molecule has 18 heavy (non-hydrogen) atoms. The number of nitro groups is 1. The number of nitrogens with zero attached hydrogens (tertiary/aromatic N) is 2. The summed E-state index contributed by atoms with van der Waals surface area (Å²) in [6.07, 6.45) is 2.55. The van der Waals surface area contributed by atoms with Gasteiger partial charge in [0.05, 0.1) is 16.3 Å². The predicted octanol–water partition coefficient (Wildman–Crippen LogP) is 2.80. The third kappa shape index (κ3) is 2.72. The van der Waals surface area contributed by atoms with Crippen LogP contribution in [0.2, 0.25) is 0 Å². The van der Waals surface area contributed by atoms with E-state index in [1.165, 1.54) is 25.0 Å². The summed E-state index contributed by atoms with van der Waals surface area (Å²) >= 11 is 0. The lowest BCUT2D eigenvalue weighted by Gasteiger charge is -2.30. The first kappa shape index (κ1) is 12.7. The Morgan fingerprint density at radius 1 is 1.50 bits per heavy atom. The van der Waals surface area contributed by atoms with Crippen molar-refractivity contribution >= 4 is 17.1 Å². The minimum absolute atomic E-state index is 0.0476. The molecule has 0 saturated heterocycles. The molecule has 5 heteroatoms. The third-order valence-electron chi connectivity index (χ3n) is 3.31. The van der Waals surface area contributed by atoms with Crippen molar-refractivity contribution < 1.29 is 4.92 Å². The first-order valence-corrected chi connectivity index (χ1v) is 6.29. The molecule has 1 aliphatic rings. The second kappa shape index (κ2) is 4.84. The maximum Gasteiger partial charge on any atom is 0.271 e. The van der Waals surface area contributed by atoms with Crippen molar-refractivity contribution in [2.45, 2.75) is 32.7 Å². The fourth-order valence-electron chi connectivity index (χ4n) is 2.08. The largest absolute Gasteiger partial charge is 0.397 e. The third-order valence-corrected chi connectivity index (χ3v) is 3.31. The van der Waals surface area contributed by atoms with Crippen LogP contribution in [0.5, 0.6) is 0 Å². The second-order valence-electron chi connectivity index (χ2n) is 5.19. The summed E-state index contributed by atoms with van der Waals surface area (Å²) in [4.78, 5) is 12.5. The molecule has 5 nitrogen and oxygen atoms in total. The summed E-state index contributed by atoms with van der Waals surface area (Å²) in [5.74, 6) is 0.752. The summed E-state index contributed by atoms with van der Waals surface area (Å²) < 4.78 is 0. The highest BCUT2D eigenvalue weighted by atomic mass is 16.6. The Morgan fingerprint density at radius 3 is 2.61 bits per heavy atom. The molecule has 0 aromatic heterocycles. The number of hydrogen-bond donors (Lipinski definition) is 1. The van der Waals surface area contributed by atoms with Gasteiger partial charge in [0.25, 0.3) is 5.69 Å². The maximum absolute atomic E-state index is 10.7. The van der Waals surface area contributed by atoms with Crippen LogP contribution in [0.15, 0.2) is 18.2 Å². The highest BCUT2D eigenvalue weighted by Crippen LogP contribution is 2.35. The number of hydrogen-bond acceptors (Lipinski definition) is 4. The Labute approximate surface area is 107 Å². The van der Waals surface area contributed by atoms with Crippen molar-refractivity contribution in [1.82, 2.24) is 0 Å². The summed E-state index contributed by atoms with van der Waals surface area (Å²) in [7, 11) is 0. The standard InChI is InChI=1S/C13H19N3O2/c1-9(2)15(8-10-3-4-10)13-6-5-11(16(17)18)7-12(13)14/h5-7,9-10H,3-4,8,14H2,1-2H3. The molecular formula is C13H19N3O2. The van der Waals surface area contributed by atoms with E-state index in [9.17, 15) is 10.1 Å². The number of nitro benzene ring substituents is 1. The number of anilines is 2. The fourth-order valence-corrected chi connectivity index (χ4v) is 2.08. The second-order valence-corrected chi connectivity index (χ2v) is 5.19. The Morgan fingerprint density at radius 2 is 2.17 bits per heavy atom. The fraction of sp³-hybridized carbons (Fsp3) is 0.538. The van der Waals surface area contributed by atoms with Gasteiger partial charge in [0.15, 0.2) is 0 Å². The van der Waals surface area contributed by atoms with E-state index in [2.05, 4.69) is 18.7 Å². The Bertz CT molecular complexity index is 456. The SMILES string of the molecule is CC(C)N(CC1CC1)c1ccc([N+](=O)[O-])cc1N. The summed E-state index contributed by atoms with van der Waals surface area (Å²) in [5, 5.41) is 10.7. The van der Waals surface area contributed by atoms with Gasteiger partial charge in [-0.3, -0.25) is 10.1 Å². The van der Waals surface area contributed by atoms with E-state index in [0.29, 0.717) is 11.7 Å². The van der Waals surface area contributed by atoms with E-state index in [4.69, 9.17) is 5.73 Å². The van der Waals surface area contributed by atoms with Crippen LogP contribution in [0, 0.1) is 16.0 Å². The van der Waals surface area contributed by atoms with Gasteiger partial charge >= 0.3 is 0 Å². The molecule has 0 atom stereocenters. The molecule has 1 fully saturated rings. The molecule has 0 amide bonds. The van der Waals surface area contributed by atoms with Crippen LogP contribution in [-0.2, 0) is 0 Å². The van der Waals surface area contributed by atoms with Gasteiger partial charge < -0.3 is 10.6 Å². The first-order valence-electron chi connectivity index (χ1n) is 6.29. The van der Waals surface area contributed by atoms with Crippen molar-refractivity contribution in [2.24, 2.45) is 5.92 Å². The zero-order chi connectivity index (χ0) is 13.3. The van der Waals surface area contributed by atoms with E-state index in [1.54, 1.807) is 6.07 Å². The quantitative estimate of drug-likeness (QED) is 0.494.